The molecular formula is C10H10N4O3. The fourth-order valence-electron chi connectivity index (χ4n) is 1.37. The molecule has 0 spiro atoms. The van der Waals surface area contributed by atoms with E-state index >= 15 is 0 Å². The van der Waals surface area contributed by atoms with Crippen molar-refractivity contribution in [2.45, 2.75) is 6.92 Å². The van der Waals surface area contributed by atoms with Crippen LogP contribution in [0.15, 0.2) is 18.3 Å². The number of carboxylic acids is 1. The quantitative estimate of drug-likeness (QED) is 0.839. The van der Waals surface area contributed by atoms with E-state index < -0.39 is 5.97 Å². The molecule has 0 aliphatic carbocycles. The maximum Gasteiger partial charge on any atom is 0.358 e. The Morgan fingerprint density at radius 1 is 1.47 bits per heavy atom. The Labute approximate surface area is 96.7 Å². The molecule has 2 aromatic heterocycles. The van der Waals surface area contributed by atoms with Gasteiger partial charge in [0, 0.05) is 6.07 Å². The third-order valence-corrected chi connectivity index (χ3v) is 2.20. The van der Waals surface area contributed by atoms with Crippen molar-refractivity contribution in [3.8, 4) is 11.6 Å². The Morgan fingerprint density at radius 3 is 2.76 bits per heavy atom. The van der Waals surface area contributed by atoms with E-state index in [0.717, 1.165) is 0 Å². The average Bonchev–Trinajstić information content (AvgIpc) is 2.78. The summed E-state index contributed by atoms with van der Waals surface area (Å²) in [7, 11) is 1.53. The number of hydrogen-bond donors (Lipinski definition) is 1. The summed E-state index contributed by atoms with van der Waals surface area (Å²) in [4.78, 5) is 14.8. The van der Waals surface area contributed by atoms with Crippen LogP contribution in [0.3, 0.4) is 0 Å². The molecule has 0 atom stereocenters. The highest BCUT2D eigenvalue weighted by Crippen LogP contribution is 2.15. The Hall–Kier alpha value is -2.44. The Kier molecular flexibility index (Phi) is 2.73. The smallest absolute Gasteiger partial charge is 0.358 e. The molecule has 0 aliphatic rings. The molecule has 0 aromatic carbocycles. The summed E-state index contributed by atoms with van der Waals surface area (Å²) in [6.45, 7) is 1.78. The lowest BCUT2D eigenvalue weighted by Crippen LogP contribution is -2.01. The van der Waals surface area contributed by atoms with Crippen molar-refractivity contribution in [2.24, 2.45) is 0 Å². The molecule has 0 aliphatic heterocycles. The first-order chi connectivity index (χ1) is 8.11. The molecule has 0 saturated carbocycles. The molecule has 0 fully saturated rings. The van der Waals surface area contributed by atoms with Crippen LogP contribution in [0, 0.1) is 6.92 Å². The number of ether oxygens (including phenoxy) is 1. The third kappa shape index (κ3) is 2.07. The molecular weight excluding hydrogens is 224 g/mol. The molecule has 2 heterocycles. The van der Waals surface area contributed by atoms with Gasteiger partial charge in [-0.3, -0.25) is 0 Å². The minimum Gasteiger partial charge on any atom is -0.481 e. The van der Waals surface area contributed by atoms with Crippen LogP contribution in [0.4, 0.5) is 0 Å². The Bertz CT molecular complexity index is 564. The van der Waals surface area contributed by atoms with Crippen LogP contribution in [0.1, 0.15) is 16.2 Å². The lowest BCUT2D eigenvalue weighted by Gasteiger charge is -2.05. The van der Waals surface area contributed by atoms with Gasteiger partial charge in [-0.15, -0.1) is 5.10 Å². The van der Waals surface area contributed by atoms with Gasteiger partial charge < -0.3 is 9.84 Å². The van der Waals surface area contributed by atoms with E-state index in [-0.39, 0.29) is 5.69 Å². The van der Waals surface area contributed by atoms with E-state index in [1.165, 1.54) is 18.0 Å². The average molecular weight is 234 g/mol. The number of aromatic nitrogens is 4. The van der Waals surface area contributed by atoms with Gasteiger partial charge in [-0.25, -0.2) is 14.5 Å². The Balaban J connectivity index is 2.42. The minimum absolute atomic E-state index is 0.111. The van der Waals surface area contributed by atoms with E-state index in [1.54, 1.807) is 19.1 Å². The number of rotatable bonds is 3. The number of hydrogen-bond acceptors (Lipinski definition) is 5. The van der Waals surface area contributed by atoms with Crippen molar-refractivity contribution >= 4 is 5.97 Å². The lowest BCUT2D eigenvalue weighted by molar-refractivity contribution is 0.0690. The predicted octanol–water partition coefficient (Wildman–Crippen LogP) is 0.678. The largest absolute Gasteiger partial charge is 0.481 e. The second-order valence-corrected chi connectivity index (χ2v) is 3.31. The van der Waals surface area contributed by atoms with Crippen LogP contribution >= 0.6 is 0 Å². The van der Waals surface area contributed by atoms with Crippen LogP contribution in [0.5, 0.6) is 5.88 Å². The topological polar surface area (TPSA) is 90.1 Å². The van der Waals surface area contributed by atoms with Gasteiger partial charge in [0.2, 0.25) is 5.88 Å². The third-order valence-electron chi connectivity index (χ3n) is 2.20. The summed E-state index contributed by atoms with van der Waals surface area (Å²) >= 11 is 0. The van der Waals surface area contributed by atoms with Crippen molar-refractivity contribution in [3.63, 3.8) is 0 Å². The molecule has 0 unspecified atom stereocenters. The van der Waals surface area contributed by atoms with Gasteiger partial charge in [0.1, 0.15) is 0 Å². The van der Waals surface area contributed by atoms with Crippen molar-refractivity contribution < 1.29 is 14.6 Å². The van der Waals surface area contributed by atoms with Gasteiger partial charge >= 0.3 is 5.97 Å². The maximum absolute atomic E-state index is 10.7. The summed E-state index contributed by atoms with van der Waals surface area (Å²) in [5.74, 6) is -0.625. The molecule has 0 amide bonds. The van der Waals surface area contributed by atoms with Gasteiger partial charge in [-0.2, -0.15) is 0 Å². The van der Waals surface area contributed by atoms with E-state index in [4.69, 9.17) is 9.84 Å². The zero-order chi connectivity index (χ0) is 12.4. The molecule has 0 radical (unpaired) electrons. The lowest BCUT2D eigenvalue weighted by atomic mass is 10.3. The number of aromatic carboxylic acids is 1. The first-order valence-electron chi connectivity index (χ1n) is 4.79. The zero-order valence-corrected chi connectivity index (χ0v) is 9.28. The van der Waals surface area contributed by atoms with E-state index in [0.29, 0.717) is 17.3 Å². The number of methoxy groups -OCH3 is 1. The highest BCUT2D eigenvalue weighted by Gasteiger charge is 2.11. The molecule has 2 rings (SSSR count). The van der Waals surface area contributed by atoms with Gasteiger partial charge in [-0.1, -0.05) is 5.21 Å². The molecule has 0 bridgehead atoms. The molecule has 7 nitrogen and oxygen atoms in total. The van der Waals surface area contributed by atoms with Crippen LogP contribution in [0.2, 0.25) is 0 Å². The summed E-state index contributed by atoms with van der Waals surface area (Å²) < 4.78 is 6.35. The number of pyridine rings is 1. The highest BCUT2D eigenvalue weighted by molar-refractivity contribution is 5.84. The van der Waals surface area contributed by atoms with Gasteiger partial charge in [-0.05, 0) is 13.0 Å². The predicted molar refractivity (Wildman–Crippen MR) is 57.4 cm³/mol. The van der Waals surface area contributed by atoms with Crippen LogP contribution < -0.4 is 4.74 Å². The number of carbonyl (C=O) groups is 1. The summed E-state index contributed by atoms with van der Waals surface area (Å²) in [6.07, 6.45) is 1.33. The van der Waals surface area contributed by atoms with Crippen molar-refractivity contribution in [1.82, 2.24) is 20.0 Å². The second kappa shape index (κ2) is 4.20. The monoisotopic (exact) mass is 234 g/mol. The first kappa shape index (κ1) is 11.1. The van der Waals surface area contributed by atoms with Crippen molar-refractivity contribution in [3.05, 3.63) is 29.7 Å². The number of carboxylic acid groups (broad SMARTS) is 1. The SMILES string of the molecule is COc1ccc(-n2cc(C(=O)O)nn2)c(C)n1. The molecule has 88 valence electrons. The molecule has 0 saturated heterocycles. The van der Waals surface area contributed by atoms with Crippen LogP contribution in [0.25, 0.3) is 5.69 Å². The molecule has 1 N–H and O–H groups in total. The number of nitrogens with zero attached hydrogens (tertiary/aromatic N) is 4. The van der Waals surface area contributed by atoms with Crippen LogP contribution in [-0.2, 0) is 0 Å². The minimum atomic E-state index is -1.12. The van der Waals surface area contributed by atoms with Crippen molar-refractivity contribution in [2.75, 3.05) is 7.11 Å². The molecule has 17 heavy (non-hydrogen) atoms. The molecule has 7 heteroatoms. The van der Waals surface area contributed by atoms with Crippen LogP contribution in [-0.4, -0.2) is 38.2 Å². The standard InChI is InChI=1S/C10H10N4O3/c1-6-8(3-4-9(11-6)17-2)14-5-7(10(15)16)12-13-14/h3-5H,1-2H3,(H,15,16). The van der Waals surface area contributed by atoms with E-state index in [1.807, 2.05) is 0 Å². The fourth-order valence-corrected chi connectivity index (χ4v) is 1.37. The molecule has 2 aromatic rings. The normalized spacial score (nSPS) is 10.2. The summed E-state index contributed by atoms with van der Waals surface area (Å²) in [6, 6.07) is 3.41. The highest BCUT2D eigenvalue weighted by atomic mass is 16.5. The fraction of sp³-hybridized carbons (Fsp3) is 0.200. The van der Waals surface area contributed by atoms with E-state index in [2.05, 4.69) is 15.3 Å². The van der Waals surface area contributed by atoms with Crippen molar-refractivity contribution in [1.29, 1.82) is 0 Å². The number of aryl methyl sites for hydroxylation is 1. The maximum atomic E-state index is 10.7. The van der Waals surface area contributed by atoms with Gasteiger partial charge in [0.15, 0.2) is 5.69 Å². The zero-order valence-electron chi connectivity index (χ0n) is 9.28. The first-order valence-corrected chi connectivity index (χ1v) is 4.79. The Morgan fingerprint density at radius 2 is 2.24 bits per heavy atom. The van der Waals surface area contributed by atoms with Gasteiger partial charge in [0.05, 0.1) is 24.7 Å². The second-order valence-electron chi connectivity index (χ2n) is 3.31. The van der Waals surface area contributed by atoms with Gasteiger partial charge in [0.25, 0.3) is 0 Å². The summed E-state index contributed by atoms with van der Waals surface area (Å²) in [5.41, 5.74) is 1.22. The van der Waals surface area contributed by atoms with E-state index in [9.17, 15) is 4.79 Å². The summed E-state index contributed by atoms with van der Waals surface area (Å²) in [5, 5.41) is 16.0.